The Bertz CT molecular complexity index is 2540. The summed E-state index contributed by atoms with van der Waals surface area (Å²) >= 11 is 6.49. The van der Waals surface area contributed by atoms with E-state index in [-0.39, 0.29) is 5.82 Å². The third-order valence-electron chi connectivity index (χ3n) is 9.93. The van der Waals surface area contributed by atoms with Crippen LogP contribution in [0.4, 0.5) is 4.39 Å². The number of methoxy groups -OCH3 is 1. The van der Waals surface area contributed by atoms with E-state index in [1.165, 1.54) is 6.07 Å². The number of ether oxygens (including phenoxy) is 3. The SMILES string of the molecule is COc1cc2c(CCN(Cc3cccc(Oc4ccccc4)c3)N(CCc3c[nH]c4cc(F)ccc34)Cc3cccc(Oc4ccccc4)c3)c[nH]c2cc1Cl. The summed E-state index contributed by atoms with van der Waals surface area (Å²) in [7, 11) is 1.64. The molecule has 0 saturated heterocycles. The molecule has 9 heteroatoms. The molecule has 8 rings (SSSR count). The van der Waals surface area contributed by atoms with Gasteiger partial charge >= 0.3 is 0 Å². The number of aromatic nitrogens is 2. The number of nitrogens with zero attached hydrogens (tertiary/aromatic N) is 2. The molecule has 0 atom stereocenters. The molecular formula is C47H42ClFN4O3. The molecule has 0 saturated carbocycles. The second-order valence-corrected chi connectivity index (χ2v) is 14.2. The van der Waals surface area contributed by atoms with Crippen molar-refractivity contribution < 1.29 is 18.6 Å². The van der Waals surface area contributed by atoms with Crippen LogP contribution < -0.4 is 14.2 Å². The van der Waals surface area contributed by atoms with E-state index in [9.17, 15) is 4.39 Å². The molecule has 0 aliphatic carbocycles. The Labute approximate surface area is 330 Å². The largest absolute Gasteiger partial charge is 0.495 e. The maximum Gasteiger partial charge on any atom is 0.138 e. The second kappa shape index (κ2) is 17.2. The Morgan fingerprint density at radius 2 is 1.07 bits per heavy atom. The van der Waals surface area contributed by atoms with Gasteiger partial charge in [0, 0.05) is 60.4 Å². The quantitative estimate of drug-likeness (QED) is 0.0959. The smallest absolute Gasteiger partial charge is 0.138 e. The minimum absolute atomic E-state index is 0.257. The maximum absolute atomic E-state index is 14.1. The van der Waals surface area contributed by atoms with E-state index < -0.39 is 0 Å². The summed E-state index contributed by atoms with van der Waals surface area (Å²) in [6.45, 7) is 2.66. The summed E-state index contributed by atoms with van der Waals surface area (Å²) in [6, 6.07) is 45.1. The summed E-state index contributed by atoms with van der Waals surface area (Å²) in [6.07, 6.45) is 5.55. The van der Waals surface area contributed by atoms with Crippen LogP contribution in [0.1, 0.15) is 22.3 Å². The molecular weight excluding hydrogens is 723 g/mol. The van der Waals surface area contributed by atoms with Gasteiger partial charge < -0.3 is 24.2 Å². The Morgan fingerprint density at radius 1 is 0.554 bits per heavy atom. The zero-order valence-corrected chi connectivity index (χ0v) is 31.8. The summed E-state index contributed by atoms with van der Waals surface area (Å²) in [5.41, 5.74) is 6.27. The lowest BCUT2D eigenvalue weighted by Gasteiger charge is -2.36. The van der Waals surface area contributed by atoms with Crippen molar-refractivity contribution in [3.05, 3.63) is 185 Å². The predicted molar refractivity (Wildman–Crippen MR) is 222 cm³/mol. The van der Waals surface area contributed by atoms with Crippen LogP contribution in [-0.2, 0) is 25.9 Å². The fraction of sp³-hybridized carbons (Fsp3) is 0.149. The molecule has 7 nitrogen and oxygen atoms in total. The van der Waals surface area contributed by atoms with Crippen molar-refractivity contribution in [2.24, 2.45) is 0 Å². The first-order valence-corrected chi connectivity index (χ1v) is 19.1. The number of hydrogen-bond donors (Lipinski definition) is 2. The average molecular weight is 765 g/mol. The molecule has 2 heterocycles. The molecule has 0 aliphatic rings. The monoisotopic (exact) mass is 764 g/mol. The summed E-state index contributed by atoms with van der Waals surface area (Å²) in [5.74, 6) is 3.51. The minimum atomic E-state index is -0.257. The van der Waals surface area contributed by atoms with Crippen LogP contribution in [0.5, 0.6) is 28.7 Å². The first kappa shape index (κ1) is 36.9. The van der Waals surface area contributed by atoms with Crippen LogP contribution in [0.15, 0.2) is 152 Å². The number of halogens is 2. The topological polar surface area (TPSA) is 65.8 Å². The molecule has 0 unspecified atom stereocenters. The number of hydrogen-bond acceptors (Lipinski definition) is 5. The summed E-state index contributed by atoms with van der Waals surface area (Å²) in [5, 5.41) is 7.51. The van der Waals surface area contributed by atoms with Gasteiger partial charge in [0.15, 0.2) is 0 Å². The first-order chi connectivity index (χ1) is 27.5. The van der Waals surface area contributed by atoms with Crippen molar-refractivity contribution >= 4 is 33.4 Å². The number of rotatable bonds is 16. The molecule has 0 amide bonds. The Hall–Kier alpha value is -6.06. The minimum Gasteiger partial charge on any atom is -0.495 e. The Morgan fingerprint density at radius 3 is 1.62 bits per heavy atom. The highest BCUT2D eigenvalue weighted by molar-refractivity contribution is 6.32. The van der Waals surface area contributed by atoms with Gasteiger partial charge in [0.25, 0.3) is 0 Å². The molecule has 2 N–H and O–H groups in total. The van der Waals surface area contributed by atoms with Crippen molar-refractivity contribution in [1.82, 2.24) is 20.0 Å². The van der Waals surface area contributed by atoms with Gasteiger partial charge in [-0.3, -0.25) is 0 Å². The zero-order valence-electron chi connectivity index (χ0n) is 31.1. The highest BCUT2D eigenvalue weighted by Gasteiger charge is 2.20. The van der Waals surface area contributed by atoms with Crippen LogP contribution >= 0.6 is 11.6 Å². The van der Waals surface area contributed by atoms with E-state index in [2.05, 4.69) is 50.4 Å². The molecule has 0 fully saturated rings. The molecule has 282 valence electrons. The highest BCUT2D eigenvalue weighted by atomic mass is 35.5. The number of H-pyrrole nitrogens is 2. The molecule has 2 aromatic heterocycles. The van der Waals surface area contributed by atoms with Gasteiger partial charge in [0.2, 0.25) is 0 Å². The standard InChI is InChI=1S/C47H42ClFN4O3/c1-54-47-27-43-36(30-51-46(43)28-44(47)48)21-23-53(32-34-11-9-17-41(25-34)56-39-14-6-3-7-15-39)52(22-20-35-29-50-45-26-37(49)18-19-42(35)45)31-33-10-8-16-40(24-33)55-38-12-4-2-5-13-38/h2-19,24-30,50-51H,20-23,31-32H2,1H3. The van der Waals surface area contributed by atoms with E-state index >= 15 is 0 Å². The van der Waals surface area contributed by atoms with Crippen molar-refractivity contribution in [2.45, 2.75) is 25.9 Å². The molecule has 0 spiro atoms. The molecule has 6 aromatic carbocycles. The summed E-state index contributed by atoms with van der Waals surface area (Å²) in [4.78, 5) is 6.69. The van der Waals surface area contributed by atoms with Crippen LogP contribution in [0.2, 0.25) is 5.02 Å². The number of hydrazine groups is 1. The van der Waals surface area contributed by atoms with Gasteiger partial charge in [0.05, 0.1) is 12.1 Å². The van der Waals surface area contributed by atoms with E-state index in [1.54, 1.807) is 13.2 Å². The van der Waals surface area contributed by atoms with Crippen molar-refractivity contribution in [3.8, 4) is 28.7 Å². The molecule has 0 radical (unpaired) electrons. The molecule has 0 aliphatic heterocycles. The van der Waals surface area contributed by atoms with Gasteiger partial charge in [0.1, 0.15) is 34.6 Å². The molecule has 8 aromatic rings. The lowest BCUT2D eigenvalue weighted by Crippen LogP contribution is -2.44. The third-order valence-corrected chi connectivity index (χ3v) is 10.2. The lowest BCUT2D eigenvalue weighted by molar-refractivity contribution is -0.0396. The predicted octanol–water partition coefficient (Wildman–Crippen LogP) is 11.7. The average Bonchev–Trinajstić information content (AvgIpc) is 3.81. The van der Waals surface area contributed by atoms with Crippen LogP contribution in [0.25, 0.3) is 21.8 Å². The number of aromatic amines is 2. The lowest BCUT2D eigenvalue weighted by atomic mass is 10.1. The third kappa shape index (κ3) is 8.90. The van der Waals surface area contributed by atoms with Crippen LogP contribution in [0.3, 0.4) is 0 Å². The fourth-order valence-electron chi connectivity index (χ4n) is 7.14. The van der Waals surface area contributed by atoms with Gasteiger partial charge in [-0.15, -0.1) is 0 Å². The number of nitrogens with one attached hydrogen (secondary N) is 2. The number of benzene rings is 6. The molecule has 0 bridgehead atoms. The van der Waals surface area contributed by atoms with E-state index in [0.29, 0.717) is 37.0 Å². The molecule has 56 heavy (non-hydrogen) atoms. The number of para-hydroxylation sites is 2. The fourth-order valence-corrected chi connectivity index (χ4v) is 7.38. The normalized spacial score (nSPS) is 11.5. The first-order valence-electron chi connectivity index (χ1n) is 18.7. The van der Waals surface area contributed by atoms with Crippen LogP contribution in [0, 0.1) is 5.82 Å². The van der Waals surface area contributed by atoms with E-state index in [0.717, 1.165) is 79.9 Å². The van der Waals surface area contributed by atoms with Gasteiger partial charge in [-0.05, 0) is 114 Å². The van der Waals surface area contributed by atoms with Crippen molar-refractivity contribution in [2.75, 3.05) is 20.2 Å². The Kier molecular flexibility index (Phi) is 11.3. The van der Waals surface area contributed by atoms with Gasteiger partial charge in [-0.2, -0.15) is 0 Å². The highest BCUT2D eigenvalue weighted by Crippen LogP contribution is 2.32. The zero-order chi connectivity index (χ0) is 38.3. The van der Waals surface area contributed by atoms with Gasteiger partial charge in [-0.25, -0.2) is 14.4 Å². The van der Waals surface area contributed by atoms with Crippen molar-refractivity contribution in [3.63, 3.8) is 0 Å². The van der Waals surface area contributed by atoms with Gasteiger partial charge in [-0.1, -0.05) is 72.3 Å². The van der Waals surface area contributed by atoms with E-state index in [4.69, 9.17) is 25.8 Å². The number of fused-ring (bicyclic) bond motifs is 2. The van der Waals surface area contributed by atoms with Crippen LogP contribution in [-0.4, -0.2) is 40.2 Å². The van der Waals surface area contributed by atoms with E-state index in [1.807, 2.05) is 109 Å². The second-order valence-electron chi connectivity index (χ2n) is 13.8. The summed E-state index contributed by atoms with van der Waals surface area (Å²) < 4.78 is 32.2. The van der Waals surface area contributed by atoms with Crippen molar-refractivity contribution in [1.29, 1.82) is 0 Å². The maximum atomic E-state index is 14.1. The Balaban J connectivity index is 1.13.